The highest BCUT2D eigenvalue weighted by molar-refractivity contribution is 7.03. The molecule has 0 unspecified atom stereocenters. The number of aromatic nitrogens is 2. The first-order valence-corrected chi connectivity index (χ1v) is 5.12. The SMILES string of the molecule is O=c1c2c(c3snc[nH]c1=3)CCC2. The smallest absolute Gasteiger partial charge is 0.207 e. The number of hydrogen-bond acceptors (Lipinski definition) is 3. The summed E-state index contributed by atoms with van der Waals surface area (Å²) in [6, 6.07) is 0. The van der Waals surface area contributed by atoms with Crippen LogP contribution in [0, 0.1) is 9.88 Å². The Labute approximate surface area is 78.2 Å². The fourth-order valence-corrected chi connectivity index (χ4v) is 2.84. The third-order valence-electron chi connectivity index (χ3n) is 2.63. The summed E-state index contributed by atoms with van der Waals surface area (Å²) >= 11 is 1.42. The maximum absolute atomic E-state index is 11.8. The average molecular weight is 192 g/mol. The molecule has 13 heavy (non-hydrogen) atoms. The topological polar surface area (TPSA) is 45.8 Å². The molecule has 3 aliphatic rings. The van der Waals surface area contributed by atoms with Crippen molar-refractivity contribution in [1.82, 2.24) is 9.36 Å². The fourth-order valence-electron chi connectivity index (χ4n) is 2.05. The molecular formula is C9H8N2OS. The second-order valence-corrected chi connectivity index (χ2v) is 4.12. The Morgan fingerprint density at radius 1 is 1.38 bits per heavy atom. The largest absolute Gasteiger partial charge is 0.341 e. The van der Waals surface area contributed by atoms with Crippen LogP contribution in [-0.2, 0) is 12.8 Å². The Bertz CT molecular complexity index is 568. The molecule has 0 fully saturated rings. The zero-order valence-electron chi connectivity index (χ0n) is 6.96. The lowest BCUT2D eigenvalue weighted by atomic mass is 10.2. The van der Waals surface area contributed by atoms with Gasteiger partial charge in [0, 0.05) is 5.56 Å². The number of H-pyrrole nitrogens is 1. The highest BCUT2D eigenvalue weighted by Crippen LogP contribution is 2.22. The van der Waals surface area contributed by atoms with Gasteiger partial charge in [0.1, 0.15) is 11.7 Å². The third-order valence-corrected chi connectivity index (χ3v) is 3.47. The van der Waals surface area contributed by atoms with Crippen LogP contribution < -0.4 is 5.43 Å². The van der Waals surface area contributed by atoms with Gasteiger partial charge in [-0.3, -0.25) is 4.79 Å². The molecule has 0 bridgehead atoms. The predicted octanol–water partition coefficient (Wildman–Crippen LogP) is 1.04. The summed E-state index contributed by atoms with van der Waals surface area (Å²) in [6.07, 6.45) is 4.70. The van der Waals surface area contributed by atoms with Crippen molar-refractivity contribution in [3.63, 3.8) is 0 Å². The molecule has 0 atom stereocenters. The molecular weight excluding hydrogens is 184 g/mol. The van der Waals surface area contributed by atoms with Gasteiger partial charge in [-0.25, -0.2) is 0 Å². The van der Waals surface area contributed by atoms with Gasteiger partial charge in [0.25, 0.3) is 0 Å². The Kier molecular flexibility index (Phi) is 1.35. The number of fused-ring (bicyclic) bond motifs is 2. The van der Waals surface area contributed by atoms with Crippen LogP contribution in [0.5, 0.6) is 0 Å². The van der Waals surface area contributed by atoms with Crippen molar-refractivity contribution in [2.24, 2.45) is 0 Å². The number of hydrogen-bond donors (Lipinski definition) is 1. The standard InChI is InChI=1S/C9H8N2OS/c12-8-5-2-1-3-6(5)9-7(8)10-4-11-13-9/h4H,1-3H2,(H,10,11). The second-order valence-electron chi connectivity index (χ2n) is 3.31. The van der Waals surface area contributed by atoms with Crippen LogP contribution in [-0.4, -0.2) is 9.36 Å². The molecule has 66 valence electrons. The van der Waals surface area contributed by atoms with Crippen LogP contribution >= 0.6 is 11.5 Å². The Morgan fingerprint density at radius 2 is 2.23 bits per heavy atom. The van der Waals surface area contributed by atoms with Gasteiger partial charge in [-0.15, -0.1) is 0 Å². The van der Waals surface area contributed by atoms with Crippen molar-refractivity contribution < 1.29 is 0 Å². The molecule has 1 aliphatic heterocycles. The van der Waals surface area contributed by atoms with Gasteiger partial charge >= 0.3 is 0 Å². The summed E-state index contributed by atoms with van der Waals surface area (Å²) in [7, 11) is 0. The zero-order chi connectivity index (χ0) is 8.84. The van der Waals surface area contributed by atoms with Crippen molar-refractivity contribution in [3.05, 3.63) is 37.6 Å². The Morgan fingerprint density at radius 3 is 3.15 bits per heavy atom. The molecule has 0 radical (unpaired) electrons. The molecule has 0 aromatic rings. The summed E-state index contributed by atoms with van der Waals surface area (Å²) in [6.45, 7) is 0. The van der Waals surface area contributed by atoms with E-state index in [2.05, 4.69) is 9.36 Å². The van der Waals surface area contributed by atoms with Crippen molar-refractivity contribution in [2.45, 2.75) is 19.3 Å². The number of nitrogens with one attached hydrogen (secondary N) is 1. The highest BCUT2D eigenvalue weighted by Gasteiger charge is 2.19. The fraction of sp³-hybridized carbons (Fsp3) is 0.333. The summed E-state index contributed by atoms with van der Waals surface area (Å²) < 4.78 is 5.12. The average Bonchev–Trinajstić information content (AvgIpc) is 2.72. The number of rotatable bonds is 0. The van der Waals surface area contributed by atoms with Gasteiger partial charge in [0.2, 0.25) is 5.43 Å². The first-order valence-electron chi connectivity index (χ1n) is 4.34. The van der Waals surface area contributed by atoms with E-state index >= 15 is 0 Å². The summed E-state index contributed by atoms with van der Waals surface area (Å²) in [4.78, 5) is 14.7. The lowest BCUT2D eigenvalue weighted by Crippen LogP contribution is -2.03. The van der Waals surface area contributed by atoms with Crippen LogP contribution in [0.1, 0.15) is 17.5 Å². The van der Waals surface area contributed by atoms with Crippen molar-refractivity contribution >= 4 is 11.5 Å². The maximum Gasteiger partial charge on any atom is 0.207 e. The van der Waals surface area contributed by atoms with E-state index in [1.54, 1.807) is 6.33 Å². The predicted molar refractivity (Wildman–Crippen MR) is 50.1 cm³/mol. The van der Waals surface area contributed by atoms with Crippen LogP contribution in [0.25, 0.3) is 0 Å². The van der Waals surface area contributed by atoms with Crippen LogP contribution in [0.4, 0.5) is 0 Å². The summed E-state index contributed by atoms with van der Waals surface area (Å²) in [5, 5.41) is 0.754. The van der Waals surface area contributed by atoms with E-state index in [9.17, 15) is 4.79 Å². The minimum Gasteiger partial charge on any atom is -0.341 e. The van der Waals surface area contributed by atoms with Gasteiger partial charge in [-0.1, -0.05) is 0 Å². The normalized spacial score (nSPS) is 15.1. The monoisotopic (exact) mass is 192 g/mol. The second kappa shape index (κ2) is 2.42. The van der Waals surface area contributed by atoms with Gasteiger partial charge in [-0.05, 0) is 36.4 Å². The lowest BCUT2D eigenvalue weighted by Gasteiger charge is -1.86. The van der Waals surface area contributed by atoms with E-state index in [0.29, 0.717) is 0 Å². The first-order chi connectivity index (χ1) is 6.38. The van der Waals surface area contributed by atoms with E-state index in [-0.39, 0.29) is 5.43 Å². The van der Waals surface area contributed by atoms with Crippen LogP contribution in [0.3, 0.4) is 0 Å². The zero-order valence-corrected chi connectivity index (χ0v) is 7.78. The van der Waals surface area contributed by atoms with Crippen LogP contribution in [0.15, 0.2) is 11.1 Å². The van der Waals surface area contributed by atoms with Gasteiger partial charge < -0.3 is 4.98 Å². The van der Waals surface area contributed by atoms with Gasteiger partial charge in [0.15, 0.2) is 0 Å². The van der Waals surface area contributed by atoms with E-state index in [1.165, 1.54) is 17.1 Å². The van der Waals surface area contributed by atoms with Crippen LogP contribution in [0.2, 0.25) is 0 Å². The van der Waals surface area contributed by atoms with Crippen molar-refractivity contribution in [2.75, 3.05) is 0 Å². The summed E-state index contributed by atoms with van der Waals surface area (Å²) in [5.41, 5.74) is 2.46. The number of aromatic amines is 1. The molecule has 1 N–H and O–H groups in total. The van der Waals surface area contributed by atoms with Crippen molar-refractivity contribution in [3.8, 4) is 0 Å². The molecule has 2 aliphatic carbocycles. The summed E-state index contributed by atoms with van der Waals surface area (Å²) in [5.74, 6) is 0. The van der Waals surface area contributed by atoms with E-state index in [0.717, 1.165) is 34.7 Å². The minimum absolute atomic E-state index is 0.196. The minimum atomic E-state index is 0.196. The molecule has 3 nitrogen and oxygen atoms in total. The van der Waals surface area contributed by atoms with E-state index in [4.69, 9.17) is 0 Å². The molecule has 0 aromatic heterocycles. The van der Waals surface area contributed by atoms with Gasteiger partial charge in [-0.2, -0.15) is 4.37 Å². The molecule has 1 heterocycles. The van der Waals surface area contributed by atoms with Gasteiger partial charge in [0.05, 0.1) is 4.53 Å². The van der Waals surface area contributed by atoms with E-state index in [1.807, 2.05) is 0 Å². The Balaban J connectivity index is 2.63. The number of nitrogens with zero attached hydrogens (tertiary/aromatic N) is 1. The lowest BCUT2D eigenvalue weighted by molar-refractivity contribution is 0.901. The maximum atomic E-state index is 11.8. The highest BCUT2D eigenvalue weighted by atomic mass is 32.1. The van der Waals surface area contributed by atoms with E-state index < -0.39 is 0 Å². The van der Waals surface area contributed by atoms with Crippen molar-refractivity contribution in [1.29, 1.82) is 0 Å². The molecule has 3 rings (SSSR count). The Hall–Kier alpha value is -1.16. The molecule has 0 amide bonds. The molecule has 0 saturated heterocycles. The molecule has 0 aromatic carbocycles. The molecule has 4 heteroatoms. The quantitative estimate of drug-likeness (QED) is 0.678. The first kappa shape index (κ1) is 7.26. The molecule has 0 saturated carbocycles. The molecule has 0 spiro atoms. The third kappa shape index (κ3) is 0.836.